The summed E-state index contributed by atoms with van der Waals surface area (Å²) in [4.78, 5) is 12.6. The first-order valence-corrected chi connectivity index (χ1v) is 7.91. The summed E-state index contributed by atoms with van der Waals surface area (Å²) >= 11 is 0. The van der Waals surface area contributed by atoms with Crippen LogP contribution in [0, 0.1) is 19.7 Å². The van der Waals surface area contributed by atoms with Gasteiger partial charge in [0.25, 0.3) is 0 Å². The molecule has 2 rings (SSSR count). The van der Waals surface area contributed by atoms with E-state index in [0.717, 1.165) is 0 Å². The van der Waals surface area contributed by atoms with Gasteiger partial charge in [0.05, 0.1) is 7.11 Å². The van der Waals surface area contributed by atoms with Crippen LogP contribution in [-0.4, -0.2) is 31.9 Å². The fraction of sp³-hybridized carbons (Fsp3) is 0.250. The highest BCUT2D eigenvalue weighted by molar-refractivity contribution is 6.11. The topological polar surface area (TPSA) is 65.0 Å². The van der Waals surface area contributed by atoms with Gasteiger partial charge in [-0.25, -0.2) is 4.39 Å². The van der Waals surface area contributed by atoms with Gasteiger partial charge < -0.3 is 19.3 Å². The molecular weight excluding hydrogens is 339 g/mol. The summed E-state index contributed by atoms with van der Waals surface area (Å²) in [5.41, 5.74) is 1.22. The third-order valence-corrected chi connectivity index (χ3v) is 3.93. The smallest absolute Gasteiger partial charge is 0.193 e. The molecular formula is C20H21FO5. The Morgan fingerprint density at radius 1 is 1.15 bits per heavy atom. The molecule has 0 atom stereocenters. The van der Waals surface area contributed by atoms with Crippen LogP contribution in [0.1, 0.15) is 27.0 Å². The molecule has 0 spiro atoms. The monoisotopic (exact) mass is 360 g/mol. The number of allylic oxidation sites excluding steroid dienone is 1. The molecule has 2 aromatic carbocycles. The van der Waals surface area contributed by atoms with Gasteiger partial charge in [0.1, 0.15) is 28.6 Å². The van der Waals surface area contributed by atoms with Crippen molar-refractivity contribution in [2.24, 2.45) is 0 Å². The highest BCUT2D eigenvalue weighted by Crippen LogP contribution is 2.42. The number of ketones is 1. The number of phenolic OH excluding ortho intramolecular Hbond substituents is 1. The molecule has 0 saturated carbocycles. The SMILES string of the molecule is COCOc1c(C)c(O)c(C(=O)C=Cc2ccccc2F)c(OC)c1C. The van der Waals surface area contributed by atoms with Gasteiger partial charge in [-0.1, -0.05) is 18.2 Å². The molecule has 0 aliphatic rings. The molecule has 0 aliphatic carbocycles. The molecule has 0 aliphatic heterocycles. The molecule has 0 heterocycles. The predicted molar refractivity (Wildman–Crippen MR) is 96.4 cm³/mol. The first kappa shape index (κ1) is 19.5. The van der Waals surface area contributed by atoms with Crippen LogP contribution in [0.15, 0.2) is 30.3 Å². The zero-order chi connectivity index (χ0) is 19.3. The lowest BCUT2D eigenvalue weighted by Gasteiger charge is -2.18. The van der Waals surface area contributed by atoms with Gasteiger partial charge in [0, 0.05) is 23.8 Å². The number of phenols is 1. The number of hydrogen-bond acceptors (Lipinski definition) is 5. The molecule has 6 heteroatoms. The number of methoxy groups -OCH3 is 2. The van der Waals surface area contributed by atoms with E-state index in [9.17, 15) is 14.3 Å². The highest BCUT2D eigenvalue weighted by atomic mass is 19.1. The Hall–Kier alpha value is -2.86. The van der Waals surface area contributed by atoms with Gasteiger partial charge in [-0.2, -0.15) is 0 Å². The summed E-state index contributed by atoms with van der Waals surface area (Å²) in [6.07, 6.45) is 2.56. The van der Waals surface area contributed by atoms with Crippen molar-refractivity contribution >= 4 is 11.9 Å². The van der Waals surface area contributed by atoms with E-state index in [4.69, 9.17) is 14.2 Å². The van der Waals surface area contributed by atoms with Gasteiger partial charge >= 0.3 is 0 Å². The number of rotatable bonds is 7. The van der Waals surface area contributed by atoms with Crippen LogP contribution >= 0.6 is 0 Å². The van der Waals surface area contributed by atoms with E-state index in [0.29, 0.717) is 16.9 Å². The minimum absolute atomic E-state index is 0.000133. The standard InChI is InChI=1S/C20H21FO5/c1-12-18(23)17(20(25-4)13(2)19(12)26-11-24-3)16(22)10-9-14-7-5-6-8-15(14)21/h5-10,23H,11H2,1-4H3. The number of halogens is 1. The quantitative estimate of drug-likeness (QED) is 0.459. The van der Waals surface area contributed by atoms with Gasteiger partial charge in [-0.15, -0.1) is 0 Å². The Morgan fingerprint density at radius 2 is 1.85 bits per heavy atom. The molecule has 1 N–H and O–H groups in total. The molecule has 0 aromatic heterocycles. The number of carbonyl (C=O) groups excluding carboxylic acids is 1. The molecule has 0 fully saturated rings. The highest BCUT2D eigenvalue weighted by Gasteiger charge is 2.24. The van der Waals surface area contributed by atoms with E-state index in [2.05, 4.69) is 0 Å². The van der Waals surface area contributed by atoms with Crippen LogP contribution < -0.4 is 9.47 Å². The maximum absolute atomic E-state index is 13.7. The molecule has 0 bridgehead atoms. The zero-order valence-electron chi connectivity index (χ0n) is 15.1. The van der Waals surface area contributed by atoms with Gasteiger partial charge in [0.2, 0.25) is 0 Å². The third kappa shape index (κ3) is 3.86. The normalized spacial score (nSPS) is 11.0. The van der Waals surface area contributed by atoms with Crippen molar-refractivity contribution in [2.45, 2.75) is 13.8 Å². The van der Waals surface area contributed by atoms with E-state index in [1.54, 1.807) is 32.0 Å². The fourth-order valence-electron chi connectivity index (χ4n) is 2.65. The summed E-state index contributed by atoms with van der Waals surface area (Å²) in [6, 6.07) is 6.09. The molecule has 2 aromatic rings. The van der Waals surface area contributed by atoms with Crippen molar-refractivity contribution in [1.82, 2.24) is 0 Å². The van der Waals surface area contributed by atoms with E-state index >= 15 is 0 Å². The van der Waals surface area contributed by atoms with E-state index in [-0.39, 0.29) is 29.4 Å². The molecule has 0 saturated heterocycles. The lowest BCUT2D eigenvalue weighted by molar-refractivity contribution is 0.0497. The summed E-state index contributed by atoms with van der Waals surface area (Å²) < 4.78 is 29.4. The number of aromatic hydroxyl groups is 1. The van der Waals surface area contributed by atoms with Crippen molar-refractivity contribution in [3.05, 3.63) is 58.4 Å². The maximum Gasteiger partial charge on any atom is 0.193 e. The third-order valence-electron chi connectivity index (χ3n) is 3.93. The maximum atomic E-state index is 13.7. The Kier molecular flexibility index (Phi) is 6.36. The van der Waals surface area contributed by atoms with Crippen LogP contribution in [-0.2, 0) is 4.74 Å². The van der Waals surface area contributed by atoms with E-state index < -0.39 is 11.6 Å². The number of benzene rings is 2. The Labute approximate surface area is 151 Å². The second-order valence-corrected chi connectivity index (χ2v) is 5.61. The largest absolute Gasteiger partial charge is 0.507 e. The van der Waals surface area contributed by atoms with Crippen molar-refractivity contribution in [3.63, 3.8) is 0 Å². The first-order chi connectivity index (χ1) is 12.4. The zero-order valence-corrected chi connectivity index (χ0v) is 15.1. The van der Waals surface area contributed by atoms with Crippen molar-refractivity contribution in [2.75, 3.05) is 21.0 Å². The van der Waals surface area contributed by atoms with Gasteiger partial charge in [0.15, 0.2) is 12.6 Å². The van der Waals surface area contributed by atoms with Crippen molar-refractivity contribution in [3.8, 4) is 17.2 Å². The molecule has 5 nitrogen and oxygen atoms in total. The van der Waals surface area contributed by atoms with Gasteiger partial charge in [-0.05, 0) is 32.1 Å². The van der Waals surface area contributed by atoms with Crippen LogP contribution in [0.2, 0.25) is 0 Å². The number of hydrogen-bond donors (Lipinski definition) is 1. The lowest BCUT2D eigenvalue weighted by atomic mass is 9.98. The fourth-order valence-corrected chi connectivity index (χ4v) is 2.65. The van der Waals surface area contributed by atoms with Crippen LogP contribution in [0.3, 0.4) is 0 Å². The summed E-state index contributed by atoms with van der Waals surface area (Å²) in [5.74, 6) is -0.615. The second kappa shape index (κ2) is 8.49. The molecule has 0 unspecified atom stereocenters. The molecule has 0 amide bonds. The second-order valence-electron chi connectivity index (χ2n) is 5.61. The van der Waals surface area contributed by atoms with Gasteiger partial charge in [-0.3, -0.25) is 4.79 Å². The Balaban J connectivity index is 2.48. The van der Waals surface area contributed by atoms with Crippen molar-refractivity contribution < 1.29 is 28.5 Å². The number of carbonyl (C=O) groups is 1. The summed E-state index contributed by atoms with van der Waals surface area (Å²) in [7, 11) is 2.88. The minimum Gasteiger partial charge on any atom is -0.507 e. The minimum atomic E-state index is -0.507. The van der Waals surface area contributed by atoms with Crippen molar-refractivity contribution in [1.29, 1.82) is 0 Å². The lowest BCUT2D eigenvalue weighted by Crippen LogP contribution is -2.08. The molecule has 0 radical (unpaired) electrons. The molecule has 138 valence electrons. The van der Waals surface area contributed by atoms with E-state index in [1.807, 2.05) is 0 Å². The summed E-state index contributed by atoms with van der Waals surface area (Å²) in [5, 5.41) is 10.5. The van der Waals surface area contributed by atoms with E-state index in [1.165, 1.54) is 32.4 Å². The average Bonchev–Trinajstić information content (AvgIpc) is 2.63. The Morgan fingerprint density at radius 3 is 2.46 bits per heavy atom. The predicted octanol–water partition coefficient (Wildman–Crippen LogP) is 4.04. The number of ether oxygens (including phenoxy) is 3. The molecule has 26 heavy (non-hydrogen) atoms. The van der Waals surface area contributed by atoms with Crippen LogP contribution in [0.4, 0.5) is 4.39 Å². The van der Waals surface area contributed by atoms with Crippen LogP contribution in [0.5, 0.6) is 17.2 Å². The first-order valence-electron chi connectivity index (χ1n) is 7.91. The summed E-state index contributed by atoms with van der Waals surface area (Å²) in [6.45, 7) is 3.34. The average molecular weight is 360 g/mol. The van der Waals surface area contributed by atoms with Crippen LogP contribution in [0.25, 0.3) is 6.08 Å². The Bertz CT molecular complexity index is 843.